The van der Waals surface area contributed by atoms with E-state index in [1.54, 1.807) is 36.6 Å². The Morgan fingerprint density at radius 3 is 2.50 bits per heavy atom. The van der Waals surface area contributed by atoms with Gasteiger partial charge in [-0.15, -0.1) is 0 Å². The maximum atomic E-state index is 12.7. The summed E-state index contributed by atoms with van der Waals surface area (Å²) in [6, 6.07) is 18.8. The highest BCUT2D eigenvalue weighted by atomic mass is 35.5. The number of furan rings is 1. The van der Waals surface area contributed by atoms with Gasteiger partial charge in [-0.25, -0.2) is 0 Å². The van der Waals surface area contributed by atoms with Crippen LogP contribution in [-0.2, 0) is 4.79 Å². The number of ether oxygens (including phenoxy) is 2. The summed E-state index contributed by atoms with van der Waals surface area (Å²) in [5.74, 6) is 1.23. The monoisotopic (exact) mass is 475 g/mol. The van der Waals surface area contributed by atoms with Gasteiger partial charge in [0.25, 0.3) is 0 Å². The number of carbonyl (C=O) groups is 1. The number of carbonyl (C=O) groups excluding carboxylic acids is 1. The number of rotatable bonds is 8. The van der Waals surface area contributed by atoms with E-state index in [0.29, 0.717) is 35.3 Å². The number of anilines is 1. The molecule has 5 nitrogen and oxygen atoms in total. The van der Waals surface area contributed by atoms with Gasteiger partial charge in [0.2, 0.25) is 5.91 Å². The minimum absolute atomic E-state index is 0.249. The van der Waals surface area contributed by atoms with Crippen LogP contribution in [0.25, 0.3) is 27.7 Å². The molecule has 0 saturated carbocycles. The lowest BCUT2D eigenvalue weighted by atomic mass is 9.99. The van der Waals surface area contributed by atoms with Gasteiger partial charge in [0.1, 0.15) is 17.1 Å². The first-order valence-corrected chi connectivity index (χ1v) is 11.5. The predicted molar refractivity (Wildman–Crippen MR) is 138 cm³/mol. The smallest absolute Gasteiger partial charge is 0.248 e. The van der Waals surface area contributed by atoms with E-state index in [0.717, 1.165) is 33.4 Å². The van der Waals surface area contributed by atoms with Crippen LogP contribution in [-0.4, -0.2) is 19.1 Å². The van der Waals surface area contributed by atoms with Gasteiger partial charge in [-0.05, 0) is 68.3 Å². The molecular formula is C28H26ClNO4. The number of hydrogen-bond acceptors (Lipinski definition) is 4. The van der Waals surface area contributed by atoms with Crippen LogP contribution in [0.1, 0.15) is 26.3 Å². The van der Waals surface area contributed by atoms with Crippen molar-refractivity contribution in [2.45, 2.75) is 20.8 Å². The van der Waals surface area contributed by atoms with Crippen LogP contribution >= 0.6 is 11.6 Å². The van der Waals surface area contributed by atoms with Crippen LogP contribution in [0.5, 0.6) is 11.5 Å². The van der Waals surface area contributed by atoms with Crippen LogP contribution in [0.4, 0.5) is 5.69 Å². The van der Waals surface area contributed by atoms with Crippen molar-refractivity contribution in [1.29, 1.82) is 0 Å². The summed E-state index contributed by atoms with van der Waals surface area (Å²) in [6.45, 7) is 6.88. The molecule has 0 aliphatic rings. The van der Waals surface area contributed by atoms with E-state index < -0.39 is 0 Å². The lowest BCUT2D eigenvalue weighted by molar-refractivity contribution is -0.111. The maximum absolute atomic E-state index is 12.7. The lowest BCUT2D eigenvalue weighted by Gasteiger charge is -2.12. The highest BCUT2D eigenvalue weighted by Gasteiger charge is 2.15. The number of halogens is 1. The second-order valence-electron chi connectivity index (χ2n) is 7.71. The van der Waals surface area contributed by atoms with Crippen molar-refractivity contribution in [3.05, 3.63) is 83.6 Å². The molecule has 0 bridgehead atoms. The highest BCUT2D eigenvalue weighted by Crippen LogP contribution is 2.38. The van der Waals surface area contributed by atoms with Crippen molar-refractivity contribution in [3.63, 3.8) is 0 Å². The van der Waals surface area contributed by atoms with E-state index in [-0.39, 0.29) is 5.91 Å². The first kappa shape index (κ1) is 23.5. The summed E-state index contributed by atoms with van der Waals surface area (Å²) in [7, 11) is 0. The van der Waals surface area contributed by atoms with E-state index in [2.05, 4.69) is 5.32 Å². The third-order valence-electron chi connectivity index (χ3n) is 5.32. The topological polar surface area (TPSA) is 60.7 Å². The van der Waals surface area contributed by atoms with Gasteiger partial charge in [-0.2, -0.15) is 0 Å². The average molecular weight is 476 g/mol. The Bertz CT molecular complexity index is 1340. The minimum Gasteiger partial charge on any atom is -0.494 e. The van der Waals surface area contributed by atoms with Crippen molar-refractivity contribution >= 4 is 39.7 Å². The molecule has 0 aliphatic carbocycles. The van der Waals surface area contributed by atoms with Gasteiger partial charge in [0.15, 0.2) is 0 Å². The Morgan fingerprint density at radius 2 is 1.79 bits per heavy atom. The van der Waals surface area contributed by atoms with Crippen molar-refractivity contribution in [2.75, 3.05) is 18.5 Å². The molecule has 3 aromatic carbocycles. The molecule has 0 spiro atoms. The molecule has 0 saturated heterocycles. The highest BCUT2D eigenvalue weighted by molar-refractivity contribution is 6.31. The average Bonchev–Trinajstić information content (AvgIpc) is 3.22. The van der Waals surface area contributed by atoms with Crippen molar-refractivity contribution in [3.8, 4) is 22.6 Å². The Labute approximate surface area is 203 Å². The molecule has 1 amide bonds. The zero-order valence-corrected chi connectivity index (χ0v) is 20.1. The van der Waals surface area contributed by atoms with Gasteiger partial charge in [0, 0.05) is 39.4 Å². The quantitative estimate of drug-likeness (QED) is 0.266. The van der Waals surface area contributed by atoms with Crippen LogP contribution in [0.3, 0.4) is 0 Å². The molecule has 6 heteroatoms. The molecule has 1 aromatic heterocycles. The molecule has 4 aromatic rings. The van der Waals surface area contributed by atoms with E-state index in [1.807, 2.05) is 57.2 Å². The number of benzene rings is 3. The largest absolute Gasteiger partial charge is 0.494 e. The summed E-state index contributed by atoms with van der Waals surface area (Å²) in [5.41, 5.74) is 4.91. The predicted octanol–water partition coefficient (Wildman–Crippen LogP) is 7.59. The van der Waals surface area contributed by atoms with Gasteiger partial charge in [0.05, 0.1) is 19.5 Å². The molecule has 0 atom stereocenters. The fraction of sp³-hybridized carbons (Fsp3) is 0.179. The fourth-order valence-electron chi connectivity index (χ4n) is 3.78. The normalized spacial score (nSPS) is 11.5. The molecule has 34 heavy (non-hydrogen) atoms. The lowest BCUT2D eigenvalue weighted by Crippen LogP contribution is -2.08. The Balaban J connectivity index is 1.70. The van der Waals surface area contributed by atoms with Gasteiger partial charge in [-0.3, -0.25) is 4.79 Å². The van der Waals surface area contributed by atoms with Crippen LogP contribution in [0.2, 0.25) is 5.02 Å². The van der Waals surface area contributed by atoms with Crippen LogP contribution in [0.15, 0.2) is 77.4 Å². The summed E-state index contributed by atoms with van der Waals surface area (Å²) >= 11 is 6.02. The van der Waals surface area contributed by atoms with E-state index in [9.17, 15) is 4.79 Å². The second kappa shape index (κ2) is 10.5. The summed E-state index contributed by atoms with van der Waals surface area (Å²) in [5, 5.41) is 4.34. The molecule has 174 valence electrons. The van der Waals surface area contributed by atoms with Crippen LogP contribution in [0, 0.1) is 0 Å². The molecule has 0 radical (unpaired) electrons. The molecule has 0 fully saturated rings. The Hall–Kier alpha value is -3.70. The molecular weight excluding hydrogens is 450 g/mol. The molecule has 4 rings (SSSR count). The molecule has 0 unspecified atom stereocenters. The standard InChI is InChI=1S/C28H26ClNO4/c1-4-32-22-11-9-19(10-12-22)25-17-34-27-16-26(33-5-2)23(15-24(25)27)18(3)13-28(31)30-21-8-6-7-20(29)14-21/h6-17H,4-5H2,1-3H3,(H,30,31)/b18-13+. The van der Waals surface area contributed by atoms with Crippen molar-refractivity contribution in [1.82, 2.24) is 0 Å². The third-order valence-corrected chi connectivity index (χ3v) is 5.55. The Morgan fingerprint density at radius 1 is 1.03 bits per heavy atom. The summed E-state index contributed by atoms with van der Waals surface area (Å²) in [6.07, 6.45) is 3.30. The first-order valence-electron chi connectivity index (χ1n) is 11.1. The third kappa shape index (κ3) is 5.26. The van der Waals surface area contributed by atoms with Crippen LogP contribution < -0.4 is 14.8 Å². The van der Waals surface area contributed by atoms with E-state index >= 15 is 0 Å². The van der Waals surface area contributed by atoms with Gasteiger partial charge in [-0.1, -0.05) is 29.8 Å². The van der Waals surface area contributed by atoms with Crippen molar-refractivity contribution < 1.29 is 18.7 Å². The maximum Gasteiger partial charge on any atom is 0.248 e. The van der Waals surface area contributed by atoms with E-state index in [4.69, 9.17) is 25.5 Å². The molecule has 0 aliphatic heterocycles. The van der Waals surface area contributed by atoms with E-state index in [1.165, 1.54) is 0 Å². The number of fused-ring (bicyclic) bond motifs is 1. The zero-order valence-electron chi connectivity index (χ0n) is 19.4. The summed E-state index contributed by atoms with van der Waals surface area (Å²) in [4.78, 5) is 12.7. The zero-order chi connectivity index (χ0) is 24.1. The number of hydrogen-bond donors (Lipinski definition) is 1. The van der Waals surface area contributed by atoms with Gasteiger partial charge >= 0.3 is 0 Å². The number of nitrogens with one attached hydrogen (secondary N) is 1. The minimum atomic E-state index is -0.249. The number of amides is 1. The molecule has 1 N–H and O–H groups in total. The Kier molecular flexibility index (Phi) is 7.24. The first-order chi connectivity index (χ1) is 16.5. The van der Waals surface area contributed by atoms with Crippen molar-refractivity contribution in [2.24, 2.45) is 0 Å². The molecule has 1 heterocycles. The SMILES string of the molecule is CCOc1ccc(-c2coc3cc(OCC)c(/C(C)=C/C(=O)Nc4cccc(Cl)c4)cc23)cc1. The summed E-state index contributed by atoms with van der Waals surface area (Å²) < 4.78 is 17.3. The number of allylic oxidation sites excluding steroid dienone is 1. The fourth-order valence-corrected chi connectivity index (χ4v) is 3.97. The second-order valence-corrected chi connectivity index (χ2v) is 8.15. The van der Waals surface area contributed by atoms with Gasteiger partial charge < -0.3 is 19.2 Å².